The maximum atomic E-state index is 15.5. The lowest BCUT2D eigenvalue weighted by atomic mass is 9.72. The first kappa shape index (κ1) is 45.3. The normalized spacial score (nSPS) is 24.2. The van der Waals surface area contributed by atoms with E-state index < -0.39 is 12.2 Å². The topological polar surface area (TPSA) is 126 Å². The van der Waals surface area contributed by atoms with Gasteiger partial charge < -0.3 is 38.4 Å². The van der Waals surface area contributed by atoms with Crippen molar-refractivity contribution in [3.8, 4) is 28.7 Å². The zero-order chi connectivity index (χ0) is 45.2. The van der Waals surface area contributed by atoms with Gasteiger partial charge in [-0.15, -0.1) is 0 Å². The molecule has 8 rings (SSSR count). The lowest BCUT2D eigenvalue weighted by Crippen LogP contribution is -2.48. The molecule has 1 fully saturated rings. The Labute approximate surface area is 377 Å². The number of hydrogen-bond acceptors (Lipinski definition) is 10. The highest BCUT2D eigenvalue weighted by Crippen LogP contribution is 2.50. The van der Waals surface area contributed by atoms with Gasteiger partial charge in [-0.05, 0) is 129 Å². The standard InChI is InChI=1S/C51H66N4O9/c1-9-32-30-53-20-18-33-25-43(59-5)45(61-7)27-38(33)41(53)23-35(32)24-42-39-28-46(62-8)44(60-6)26-34(39)19-21-54(42)49(57)47-29-40(37(17-14-22-56)51(64-47)63-10-2)48-31(3)52(4)55(50(48)58)36-15-12-11-13-16-36/h11-13,15-16,25-29,32,35,37,40-42,51,56H,9-10,14,17-24,30H2,1-8H3/t32-,35+,37-,40-,41-,42+,51+/m0/s1. The second kappa shape index (κ2) is 19.5. The largest absolute Gasteiger partial charge is 0.493 e. The summed E-state index contributed by atoms with van der Waals surface area (Å²) in [4.78, 5) is 34.8. The summed E-state index contributed by atoms with van der Waals surface area (Å²) < 4.78 is 39.8. The molecule has 344 valence electrons. The Balaban J connectivity index is 1.21. The fourth-order valence-corrected chi connectivity index (χ4v) is 11.3. The van der Waals surface area contributed by atoms with E-state index >= 15 is 4.79 Å². The molecule has 1 saturated heterocycles. The van der Waals surface area contributed by atoms with Crippen LogP contribution >= 0.6 is 0 Å². The number of methoxy groups -OCH3 is 4. The Bertz CT molecular complexity index is 2390. The van der Waals surface area contributed by atoms with Crippen LogP contribution < -0.4 is 24.5 Å². The molecule has 4 aromatic rings. The van der Waals surface area contributed by atoms with Gasteiger partial charge in [0.25, 0.3) is 11.5 Å². The molecule has 64 heavy (non-hydrogen) atoms. The Kier molecular flexibility index (Phi) is 13.8. The molecule has 1 amide bonds. The summed E-state index contributed by atoms with van der Waals surface area (Å²) in [7, 11) is 8.57. The fraction of sp³-hybridized carbons (Fsp3) is 0.529. The summed E-state index contributed by atoms with van der Waals surface area (Å²) in [5.74, 6) is 2.56. The van der Waals surface area contributed by atoms with Crippen LogP contribution in [0.5, 0.6) is 23.0 Å². The van der Waals surface area contributed by atoms with E-state index in [-0.39, 0.29) is 47.8 Å². The summed E-state index contributed by atoms with van der Waals surface area (Å²) >= 11 is 0. The number of carbonyl (C=O) groups excluding carboxylic acids is 1. The number of rotatable bonds is 15. The van der Waals surface area contributed by atoms with Crippen LogP contribution in [0.25, 0.3) is 5.69 Å². The molecular weight excluding hydrogens is 813 g/mol. The zero-order valence-corrected chi connectivity index (χ0v) is 38.8. The Morgan fingerprint density at radius 3 is 2.14 bits per heavy atom. The molecule has 5 heterocycles. The molecule has 0 aliphatic carbocycles. The lowest BCUT2D eigenvalue weighted by Gasteiger charge is -2.49. The van der Waals surface area contributed by atoms with Crippen molar-refractivity contribution in [2.45, 2.75) is 90.0 Å². The van der Waals surface area contributed by atoms with Crippen LogP contribution in [0.4, 0.5) is 0 Å². The molecular formula is C51H66N4O9. The van der Waals surface area contributed by atoms with Gasteiger partial charge in [0, 0.05) is 69.0 Å². The van der Waals surface area contributed by atoms with Crippen molar-refractivity contribution in [1.82, 2.24) is 19.2 Å². The molecule has 0 spiro atoms. The number of para-hydroxylation sites is 1. The molecule has 4 aliphatic rings. The molecule has 4 aliphatic heterocycles. The van der Waals surface area contributed by atoms with Gasteiger partial charge in [0.05, 0.1) is 40.2 Å². The summed E-state index contributed by atoms with van der Waals surface area (Å²) in [5.41, 5.74) is 6.73. The second-order valence-corrected chi connectivity index (χ2v) is 17.7. The van der Waals surface area contributed by atoms with Crippen LogP contribution in [-0.4, -0.2) is 97.8 Å². The first-order valence-electron chi connectivity index (χ1n) is 23.1. The number of amides is 1. The maximum Gasteiger partial charge on any atom is 0.289 e. The smallest absolute Gasteiger partial charge is 0.289 e. The Morgan fingerprint density at radius 1 is 0.859 bits per heavy atom. The van der Waals surface area contributed by atoms with Crippen molar-refractivity contribution >= 4 is 5.91 Å². The Morgan fingerprint density at radius 2 is 1.50 bits per heavy atom. The SMILES string of the molecule is CCO[C@@H]1OC(C(=O)N2CCc3cc(OC)c(OC)cc3[C@H]2C[C@H]2C[C@H]3c4cc(OC)c(OC)cc4CCN3C[C@@H]2CC)=C[C@H](c2c(C)n(C)n(-c3ccccc3)c2=O)[C@@H]1CCCO. The quantitative estimate of drug-likeness (QED) is 0.129. The van der Waals surface area contributed by atoms with Crippen molar-refractivity contribution in [2.24, 2.45) is 24.8 Å². The number of aliphatic hydroxyl groups is 1. The first-order valence-corrected chi connectivity index (χ1v) is 23.1. The number of allylic oxidation sites excluding steroid dienone is 1. The highest BCUT2D eigenvalue weighted by atomic mass is 16.7. The number of hydrogen-bond donors (Lipinski definition) is 1. The monoisotopic (exact) mass is 878 g/mol. The summed E-state index contributed by atoms with van der Waals surface area (Å²) in [6, 6.07) is 17.9. The van der Waals surface area contributed by atoms with Crippen molar-refractivity contribution in [3.63, 3.8) is 0 Å². The number of benzene rings is 3. The van der Waals surface area contributed by atoms with Gasteiger partial charge in [-0.3, -0.25) is 19.2 Å². The number of piperidine rings is 1. The molecule has 0 saturated carbocycles. The van der Waals surface area contributed by atoms with E-state index in [2.05, 4.69) is 36.1 Å². The maximum absolute atomic E-state index is 15.5. The average molecular weight is 879 g/mol. The predicted octanol–water partition coefficient (Wildman–Crippen LogP) is 7.43. The Hall–Kier alpha value is -5.24. The predicted molar refractivity (Wildman–Crippen MR) is 245 cm³/mol. The zero-order valence-electron chi connectivity index (χ0n) is 38.8. The van der Waals surface area contributed by atoms with Crippen molar-refractivity contribution in [3.05, 3.63) is 110 Å². The van der Waals surface area contributed by atoms with Gasteiger partial charge in [-0.2, -0.15) is 0 Å². The molecule has 1 N–H and O–H groups in total. The van der Waals surface area contributed by atoms with Crippen LogP contribution in [0, 0.1) is 24.7 Å². The first-order chi connectivity index (χ1) is 31.1. The van der Waals surface area contributed by atoms with Crippen molar-refractivity contribution < 1.29 is 38.3 Å². The van der Waals surface area contributed by atoms with E-state index in [9.17, 15) is 9.90 Å². The number of ether oxygens (including phenoxy) is 6. The number of aliphatic hydroxyl groups excluding tert-OH is 1. The van der Waals surface area contributed by atoms with Gasteiger partial charge in [-0.25, -0.2) is 4.68 Å². The molecule has 13 nitrogen and oxygen atoms in total. The molecule has 7 atom stereocenters. The second-order valence-electron chi connectivity index (χ2n) is 17.7. The number of fused-ring (bicyclic) bond motifs is 4. The van der Waals surface area contributed by atoms with Crippen LogP contribution in [0.15, 0.2) is 71.2 Å². The molecule has 13 heteroatoms. The van der Waals surface area contributed by atoms with Crippen molar-refractivity contribution in [2.75, 3.05) is 61.3 Å². The highest BCUT2D eigenvalue weighted by molar-refractivity contribution is 5.92. The molecule has 1 aromatic heterocycles. The van der Waals surface area contributed by atoms with Gasteiger partial charge in [-0.1, -0.05) is 31.5 Å². The third kappa shape index (κ3) is 8.31. The minimum atomic E-state index is -0.814. The molecule has 0 radical (unpaired) electrons. The van der Waals surface area contributed by atoms with E-state index in [4.69, 9.17) is 28.4 Å². The van der Waals surface area contributed by atoms with E-state index in [1.54, 1.807) is 33.1 Å². The third-order valence-corrected chi connectivity index (χ3v) is 14.6. The minimum absolute atomic E-state index is 0.0193. The number of aromatic nitrogens is 2. The minimum Gasteiger partial charge on any atom is -0.493 e. The number of nitrogens with zero attached hydrogens (tertiary/aromatic N) is 4. The van der Waals surface area contributed by atoms with Gasteiger partial charge in [0.2, 0.25) is 6.29 Å². The summed E-state index contributed by atoms with van der Waals surface area (Å²) in [6.45, 7) is 8.89. The van der Waals surface area contributed by atoms with E-state index in [0.717, 1.165) is 72.8 Å². The fourth-order valence-electron chi connectivity index (χ4n) is 11.3. The molecule has 0 unspecified atom stereocenters. The van der Waals surface area contributed by atoms with Crippen LogP contribution in [0.3, 0.4) is 0 Å². The summed E-state index contributed by atoms with van der Waals surface area (Å²) in [5, 5.41) is 10.0. The summed E-state index contributed by atoms with van der Waals surface area (Å²) in [6.07, 6.45) is 6.34. The van der Waals surface area contributed by atoms with Gasteiger partial charge >= 0.3 is 0 Å². The van der Waals surface area contributed by atoms with E-state index in [0.29, 0.717) is 55.4 Å². The van der Waals surface area contributed by atoms with E-state index in [1.165, 1.54) is 11.1 Å². The number of carbonyl (C=O) groups is 1. The van der Waals surface area contributed by atoms with E-state index in [1.807, 2.05) is 66.9 Å². The van der Waals surface area contributed by atoms with Gasteiger partial charge in [0.15, 0.2) is 28.8 Å². The molecule has 0 bridgehead atoms. The van der Waals surface area contributed by atoms with Gasteiger partial charge in [0.1, 0.15) is 0 Å². The van der Waals surface area contributed by atoms with Crippen LogP contribution in [0.2, 0.25) is 0 Å². The molecule has 3 aromatic carbocycles. The third-order valence-electron chi connectivity index (χ3n) is 14.6. The average Bonchev–Trinajstić information content (AvgIpc) is 3.55. The van der Waals surface area contributed by atoms with Crippen LogP contribution in [-0.2, 0) is 34.2 Å². The lowest BCUT2D eigenvalue weighted by molar-refractivity contribution is -0.171. The van der Waals surface area contributed by atoms with Crippen LogP contribution in [0.1, 0.15) is 97.5 Å². The van der Waals surface area contributed by atoms with Crippen molar-refractivity contribution in [1.29, 1.82) is 0 Å². The highest BCUT2D eigenvalue weighted by Gasteiger charge is 2.46.